The second-order valence-electron chi connectivity index (χ2n) is 12.5. The molecule has 2 aromatic carbocycles. The van der Waals surface area contributed by atoms with Gasteiger partial charge in [0.05, 0.1) is 17.4 Å². The standard InChI is InChI=1S/C33H36F4N6O3/c1-3-23-25(35)6-5-20-13-22(46-19-44-2)14-24(27(20)23)26-16-38-28-29(39-26)40-31(41-30(28)42-11-8-33(36,37)9-12-42)45-18-32-7-4-10-43(32)17-21(34)15-32/h5-6,13-14,16,21H,3-4,7-12,15,17-19H2,1-2H3/t21-,32+/m1/s1. The second-order valence-corrected chi connectivity index (χ2v) is 12.5. The van der Waals surface area contributed by atoms with Gasteiger partial charge in [-0.05, 0) is 60.3 Å². The first-order valence-electron chi connectivity index (χ1n) is 15.8. The zero-order chi connectivity index (χ0) is 32.1. The molecule has 0 bridgehead atoms. The van der Waals surface area contributed by atoms with E-state index in [2.05, 4.69) is 14.9 Å². The molecular weight excluding hydrogens is 604 g/mol. The van der Waals surface area contributed by atoms with Crippen LogP contribution in [0, 0.1) is 5.82 Å². The van der Waals surface area contributed by atoms with Crippen molar-refractivity contribution in [3.8, 4) is 23.0 Å². The molecule has 0 N–H and O–H groups in total. The molecule has 2 aromatic heterocycles. The van der Waals surface area contributed by atoms with E-state index in [1.807, 2.05) is 13.0 Å². The van der Waals surface area contributed by atoms with Crippen molar-refractivity contribution < 1.29 is 31.8 Å². The second kappa shape index (κ2) is 12.1. The first-order valence-corrected chi connectivity index (χ1v) is 15.8. The number of hydrogen-bond donors (Lipinski definition) is 0. The van der Waals surface area contributed by atoms with Crippen LogP contribution in [0.2, 0.25) is 0 Å². The number of methoxy groups -OCH3 is 1. The van der Waals surface area contributed by atoms with E-state index < -0.39 is 17.6 Å². The highest BCUT2D eigenvalue weighted by Gasteiger charge is 2.49. The molecule has 3 saturated heterocycles. The van der Waals surface area contributed by atoms with Crippen LogP contribution in [-0.4, -0.2) is 89.2 Å². The van der Waals surface area contributed by atoms with Crippen molar-refractivity contribution in [2.45, 2.75) is 63.1 Å². The van der Waals surface area contributed by atoms with Crippen LogP contribution < -0.4 is 14.4 Å². The third-order valence-electron chi connectivity index (χ3n) is 9.51. The molecule has 13 heteroatoms. The van der Waals surface area contributed by atoms with Gasteiger partial charge in [0.15, 0.2) is 23.8 Å². The minimum absolute atomic E-state index is 0.0183. The van der Waals surface area contributed by atoms with Gasteiger partial charge < -0.3 is 19.1 Å². The van der Waals surface area contributed by atoms with Crippen molar-refractivity contribution in [1.82, 2.24) is 24.8 Å². The number of alkyl halides is 3. The van der Waals surface area contributed by atoms with Crippen molar-refractivity contribution in [3.63, 3.8) is 0 Å². The smallest absolute Gasteiger partial charge is 0.320 e. The number of ether oxygens (including phenoxy) is 3. The number of fused-ring (bicyclic) bond motifs is 3. The molecule has 46 heavy (non-hydrogen) atoms. The maximum atomic E-state index is 15.1. The van der Waals surface area contributed by atoms with Crippen molar-refractivity contribution >= 4 is 27.8 Å². The average molecular weight is 641 g/mol. The van der Waals surface area contributed by atoms with Crippen LogP contribution >= 0.6 is 0 Å². The van der Waals surface area contributed by atoms with E-state index in [0.29, 0.717) is 58.7 Å². The minimum Gasteiger partial charge on any atom is -0.468 e. The number of hydrogen-bond acceptors (Lipinski definition) is 9. The molecule has 2 atom stereocenters. The summed E-state index contributed by atoms with van der Waals surface area (Å²) < 4.78 is 74.8. The average Bonchev–Trinajstić information content (AvgIpc) is 3.57. The number of piperidine rings is 1. The molecule has 4 aromatic rings. The molecule has 0 radical (unpaired) electrons. The quantitative estimate of drug-likeness (QED) is 0.159. The van der Waals surface area contributed by atoms with Crippen LogP contribution in [0.15, 0.2) is 30.5 Å². The maximum Gasteiger partial charge on any atom is 0.320 e. The first-order chi connectivity index (χ1) is 22.2. The van der Waals surface area contributed by atoms with Gasteiger partial charge in [-0.15, -0.1) is 0 Å². The van der Waals surface area contributed by atoms with Crippen LogP contribution in [0.5, 0.6) is 11.8 Å². The van der Waals surface area contributed by atoms with Crippen molar-refractivity contribution in [2.24, 2.45) is 0 Å². The SMILES string of the molecule is CCc1c(F)ccc2cc(OCOC)cc(-c3cnc4c(N5CCC(F)(F)CC5)nc(OC[C@@]56CCCN5C[C@H](F)C6)nc4n3)c12. The topological polar surface area (TPSA) is 85.7 Å². The summed E-state index contributed by atoms with van der Waals surface area (Å²) >= 11 is 0. The van der Waals surface area contributed by atoms with Gasteiger partial charge in [-0.2, -0.15) is 9.97 Å². The molecule has 3 fully saturated rings. The summed E-state index contributed by atoms with van der Waals surface area (Å²) in [6.07, 6.45) is 2.59. The van der Waals surface area contributed by atoms with E-state index in [4.69, 9.17) is 24.2 Å². The van der Waals surface area contributed by atoms with Crippen molar-refractivity contribution in [1.29, 1.82) is 0 Å². The highest BCUT2D eigenvalue weighted by molar-refractivity contribution is 6.00. The Bertz CT molecular complexity index is 1770. The Morgan fingerprint density at radius 2 is 1.85 bits per heavy atom. The Hall–Kier alpha value is -3.84. The number of benzene rings is 2. The Labute approximate surface area is 263 Å². The van der Waals surface area contributed by atoms with Crippen LogP contribution in [0.25, 0.3) is 33.2 Å². The monoisotopic (exact) mass is 640 g/mol. The lowest BCUT2D eigenvalue weighted by Gasteiger charge is -2.33. The molecule has 3 aliphatic heterocycles. The number of halogens is 4. The lowest BCUT2D eigenvalue weighted by molar-refractivity contribution is -0.0221. The lowest BCUT2D eigenvalue weighted by atomic mass is 9.95. The molecule has 0 unspecified atom stereocenters. The highest BCUT2D eigenvalue weighted by Crippen LogP contribution is 2.41. The highest BCUT2D eigenvalue weighted by atomic mass is 19.3. The molecule has 0 amide bonds. The summed E-state index contributed by atoms with van der Waals surface area (Å²) in [5.74, 6) is -2.23. The summed E-state index contributed by atoms with van der Waals surface area (Å²) in [5, 5.41) is 1.43. The van der Waals surface area contributed by atoms with Crippen molar-refractivity contribution in [2.75, 3.05) is 51.6 Å². The fourth-order valence-corrected chi connectivity index (χ4v) is 7.23. The molecule has 3 aliphatic rings. The van der Waals surface area contributed by atoms with Gasteiger partial charge in [0.2, 0.25) is 0 Å². The Morgan fingerprint density at radius 1 is 1.02 bits per heavy atom. The predicted octanol–water partition coefficient (Wildman–Crippen LogP) is 6.11. The zero-order valence-electron chi connectivity index (χ0n) is 25.9. The number of anilines is 1. The first kappa shape index (κ1) is 30.8. The van der Waals surface area contributed by atoms with Crippen LogP contribution in [-0.2, 0) is 11.2 Å². The molecule has 9 nitrogen and oxygen atoms in total. The van der Waals surface area contributed by atoms with Crippen molar-refractivity contribution in [3.05, 3.63) is 41.8 Å². The van der Waals surface area contributed by atoms with E-state index in [-0.39, 0.29) is 56.8 Å². The van der Waals surface area contributed by atoms with E-state index >= 15 is 4.39 Å². The molecule has 0 aliphatic carbocycles. The third kappa shape index (κ3) is 5.68. The predicted molar refractivity (Wildman–Crippen MR) is 165 cm³/mol. The van der Waals surface area contributed by atoms with E-state index in [1.165, 1.54) is 13.2 Å². The van der Waals surface area contributed by atoms with Gasteiger partial charge in [0.1, 0.15) is 24.3 Å². The summed E-state index contributed by atoms with van der Waals surface area (Å²) in [4.78, 5) is 22.7. The fraction of sp³-hybridized carbons (Fsp3) is 0.515. The van der Waals surface area contributed by atoms with E-state index in [9.17, 15) is 13.2 Å². The largest absolute Gasteiger partial charge is 0.468 e. The summed E-state index contributed by atoms with van der Waals surface area (Å²) in [6.45, 7) is 3.44. The van der Waals surface area contributed by atoms with Gasteiger partial charge in [0.25, 0.3) is 5.92 Å². The number of nitrogens with zero attached hydrogens (tertiary/aromatic N) is 6. The molecule has 244 valence electrons. The Morgan fingerprint density at radius 3 is 2.63 bits per heavy atom. The molecular formula is C33H36F4N6O3. The zero-order valence-corrected chi connectivity index (χ0v) is 25.9. The van der Waals surface area contributed by atoms with Crippen LogP contribution in [0.3, 0.4) is 0 Å². The number of aryl methyl sites for hydroxylation is 1. The van der Waals surface area contributed by atoms with Gasteiger partial charge in [-0.3, -0.25) is 4.90 Å². The summed E-state index contributed by atoms with van der Waals surface area (Å²) in [7, 11) is 1.52. The van der Waals surface area contributed by atoms with Crippen LogP contribution in [0.4, 0.5) is 23.4 Å². The van der Waals surface area contributed by atoms with Gasteiger partial charge in [0, 0.05) is 51.6 Å². The third-order valence-corrected chi connectivity index (χ3v) is 9.51. The molecule has 5 heterocycles. The fourth-order valence-electron chi connectivity index (χ4n) is 7.23. The summed E-state index contributed by atoms with van der Waals surface area (Å²) in [6, 6.07) is 6.74. The van der Waals surface area contributed by atoms with E-state index in [0.717, 1.165) is 24.8 Å². The number of aromatic nitrogens is 4. The van der Waals surface area contributed by atoms with Crippen LogP contribution in [0.1, 0.15) is 44.6 Å². The normalized spacial score (nSPS) is 22.9. The molecule has 0 saturated carbocycles. The minimum atomic E-state index is -2.75. The van der Waals surface area contributed by atoms with E-state index in [1.54, 1.807) is 23.2 Å². The van der Waals surface area contributed by atoms with Gasteiger partial charge >= 0.3 is 6.01 Å². The Kier molecular flexibility index (Phi) is 8.08. The molecule has 0 spiro atoms. The Balaban J connectivity index is 1.33. The molecule has 7 rings (SSSR count). The van der Waals surface area contributed by atoms with Gasteiger partial charge in [-0.1, -0.05) is 13.0 Å². The number of rotatable bonds is 9. The summed E-state index contributed by atoms with van der Waals surface area (Å²) in [5.41, 5.74) is 1.65. The lowest BCUT2D eigenvalue weighted by Crippen LogP contribution is -2.43. The van der Waals surface area contributed by atoms with Gasteiger partial charge in [-0.25, -0.2) is 27.5 Å². The maximum absolute atomic E-state index is 15.1.